The molecule has 2 aliphatic carbocycles. The molecule has 2 N–H and O–H groups in total. The predicted molar refractivity (Wildman–Crippen MR) is 171 cm³/mol. The molecule has 1 aromatic rings. The molecule has 0 radical (unpaired) electrons. The number of hydrogen-bond acceptors (Lipinski definition) is 4. The Kier molecular flexibility index (Phi) is 10.1. The van der Waals surface area contributed by atoms with Crippen LogP contribution in [0.5, 0.6) is 0 Å². The van der Waals surface area contributed by atoms with Gasteiger partial charge in [-0.3, -0.25) is 19.3 Å². The molecule has 44 heavy (non-hydrogen) atoms. The molecule has 0 aromatic heterocycles. The largest absolute Gasteiger partial charge is 0.351 e. The van der Waals surface area contributed by atoms with Gasteiger partial charge in [0.2, 0.25) is 17.7 Å². The Hall–Kier alpha value is -2.48. The summed E-state index contributed by atoms with van der Waals surface area (Å²) in [6.45, 7) is 12.5. The minimum absolute atomic E-state index is 0.0383. The monoisotopic (exact) mass is 610 g/mol. The van der Waals surface area contributed by atoms with E-state index in [2.05, 4.69) is 29.4 Å². The Morgan fingerprint density at radius 1 is 0.977 bits per heavy atom. The van der Waals surface area contributed by atoms with Crippen LogP contribution in [0, 0.1) is 29.0 Å². The van der Waals surface area contributed by atoms with E-state index >= 15 is 0 Å². The van der Waals surface area contributed by atoms with E-state index in [-0.39, 0.29) is 41.0 Å². The SMILES string of the molecule is CC(C)N1C[C@@H]2CC[C@H]1[C@@H](C(=O)N[C@H](Cc1ccc(F)cc1)C(=O)N1CCC(C(=O)NC(C)(C)C)(C3CCCCC3)CC1)C2. The van der Waals surface area contributed by atoms with Gasteiger partial charge in [0.25, 0.3) is 0 Å². The number of carbonyl (C=O) groups excluding carboxylic acids is 3. The van der Waals surface area contributed by atoms with Gasteiger partial charge in [-0.15, -0.1) is 0 Å². The zero-order valence-corrected chi connectivity index (χ0v) is 27.7. The summed E-state index contributed by atoms with van der Waals surface area (Å²) in [5.74, 6) is 0.379. The minimum atomic E-state index is -0.730. The first-order valence-corrected chi connectivity index (χ1v) is 17.3. The molecule has 1 aromatic carbocycles. The van der Waals surface area contributed by atoms with Crippen LogP contribution in [0.2, 0.25) is 0 Å². The fourth-order valence-electron chi connectivity index (χ4n) is 8.74. The fraction of sp³-hybridized carbons (Fsp3) is 0.750. The van der Waals surface area contributed by atoms with Crippen LogP contribution in [-0.4, -0.2) is 70.8 Å². The second-order valence-corrected chi connectivity index (χ2v) is 15.6. The normalized spacial score (nSPS) is 26.8. The molecule has 0 unspecified atom stereocenters. The van der Waals surface area contributed by atoms with Crippen molar-refractivity contribution in [2.75, 3.05) is 19.6 Å². The van der Waals surface area contributed by atoms with Crippen LogP contribution >= 0.6 is 0 Å². The van der Waals surface area contributed by atoms with Crippen molar-refractivity contribution in [3.8, 4) is 0 Å². The van der Waals surface area contributed by atoms with E-state index in [1.165, 1.54) is 18.6 Å². The van der Waals surface area contributed by atoms with Crippen molar-refractivity contribution in [1.29, 1.82) is 0 Å². The smallest absolute Gasteiger partial charge is 0.245 e. The molecule has 7 nitrogen and oxygen atoms in total. The number of hydrogen-bond donors (Lipinski definition) is 2. The van der Waals surface area contributed by atoms with Crippen molar-refractivity contribution in [3.63, 3.8) is 0 Å². The molecule has 3 amide bonds. The molecule has 6 rings (SSSR count). The van der Waals surface area contributed by atoms with Gasteiger partial charge >= 0.3 is 0 Å². The number of benzene rings is 1. The quantitative estimate of drug-likeness (QED) is 0.409. The number of amides is 3. The third-order valence-electron chi connectivity index (χ3n) is 11.1. The lowest BCUT2D eigenvalue weighted by Gasteiger charge is -2.51. The number of carbonyl (C=O) groups is 3. The Bertz CT molecular complexity index is 1160. The van der Waals surface area contributed by atoms with Crippen LogP contribution in [0.1, 0.15) is 104 Å². The van der Waals surface area contributed by atoms with Crippen LogP contribution in [-0.2, 0) is 20.8 Å². The zero-order valence-electron chi connectivity index (χ0n) is 27.7. The molecule has 3 aliphatic heterocycles. The maximum Gasteiger partial charge on any atom is 0.245 e. The van der Waals surface area contributed by atoms with Crippen molar-refractivity contribution < 1.29 is 18.8 Å². The minimum Gasteiger partial charge on any atom is -0.351 e. The maximum atomic E-state index is 14.2. The van der Waals surface area contributed by atoms with Crippen molar-refractivity contribution in [2.45, 2.75) is 129 Å². The first-order valence-electron chi connectivity index (χ1n) is 17.3. The lowest BCUT2D eigenvalue weighted by atomic mass is 9.63. The molecular formula is C36H55FN4O3. The Morgan fingerprint density at radius 2 is 1.64 bits per heavy atom. The van der Waals surface area contributed by atoms with E-state index in [4.69, 9.17) is 0 Å². The van der Waals surface area contributed by atoms with Crippen molar-refractivity contribution in [3.05, 3.63) is 35.6 Å². The average molecular weight is 611 g/mol. The molecule has 0 spiro atoms. The molecule has 3 saturated heterocycles. The molecule has 8 heteroatoms. The maximum absolute atomic E-state index is 14.2. The summed E-state index contributed by atoms with van der Waals surface area (Å²) in [6.07, 6.45) is 10.3. The number of halogens is 1. The summed E-state index contributed by atoms with van der Waals surface area (Å²) in [6, 6.07) is 6.07. The number of fused-ring (bicyclic) bond motifs is 3. The van der Waals surface area contributed by atoms with E-state index < -0.39 is 11.5 Å². The van der Waals surface area contributed by atoms with Crippen molar-refractivity contribution in [2.24, 2.45) is 23.2 Å². The Balaban J connectivity index is 1.33. The number of likely N-dealkylation sites (tertiary alicyclic amines) is 1. The van der Waals surface area contributed by atoms with E-state index in [0.29, 0.717) is 50.2 Å². The summed E-state index contributed by atoms with van der Waals surface area (Å²) in [4.78, 5) is 46.3. The molecule has 244 valence electrons. The summed E-state index contributed by atoms with van der Waals surface area (Å²) in [7, 11) is 0. The second kappa shape index (κ2) is 13.5. The van der Waals surface area contributed by atoms with Crippen LogP contribution < -0.4 is 10.6 Å². The molecule has 4 atom stereocenters. The van der Waals surface area contributed by atoms with Crippen LogP contribution in [0.15, 0.2) is 24.3 Å². The van der Waals surface area contributed by atoms with Gasteiger partial charge in [-0.2, -0.15) is 0 Å². The Labute approximate surface area is 264 Å². The topological polar surface area (TPSA) is 81.8 Å². The van der Waals surface area contributed by atoms with E-state index in [1.807, 2.05) is 25.7 Å². The molecule has 5 fully saturated rings. The van der Waals surface area contributed by atoms with E-state index in [0.717, 1.165) is 57.1 Å². The van der Waals surface area contributed by atoms with Gasteiger partial charge in [0.05, 0.1) is 11.3 Å². The van der Waals surface area contributed by atoms with Gasteiger partial charge < -0.3 is 15.5 Å². The van der Waals surface area contributed by atoms with Gasteiger partial charge in [0.1, 0.15) is 11.9 Å². The summed E-state index contributed by atoms with van der Waals surface area (Å²) < 4.78 is 13.7. The first kappa shape index (κ1) is 32.9. The molecule has 5 aliphatic rings. The van der Waals surface area contributed by atoms with Crippen LogP contribution in [0.3, 0.4) is 0 Å². The van der Waals surface area contributed by atoms with Gasteiger partial charge in [-0.25, -0.2) is 4.39 Å². The number of rotatable bonds is 8. The second-order valence-electron chi connectivity index (χ2n) is 15.6. The average Bonchev–Trinajstić information content (AvgIpc) is 3.01. The van der Waals surface area contributed by atoms with Gasteiger partial charge in [-0.05, 0) is 109 Å². The lowest BCUT2D eigenvalue weighted by molar-refractivity contribution is -0.148. The number of nitrogens with zero attached hydrogens (tertiary/aromatic N) is 2. The number of piperidine rings is 3. The molecule has 3 heterocycles. The van der Waals surface area contributed by atoms with E-state index in [1.54, 1.807) is 12.1 Å². The van der Waals surface area contributed by atoms with Gasteiger partial charge in [0, 0.05) is 43.7 Å². The van der Waals surface area contributed by atoms with Crippen molar-refractivity contribution in [1.82, 2.24) is 20.4 Å². The highest BCUT2D eigenvalue weighted by Gasteiger charge is 2.50. The molecular weight excluding hydrogens is 555 g/mol. The zero-order chi connectivity index (χ0) is 31.6. The van der Waals surface area contributed by atoms with Gasteiger partial charge in [0.15, 0.2) is 0 Å². The van der Waals surface area contributed by atoms with Crippen LogP contribution in [0.25, 0.3) is 0 Å². The predicted octanol–water partition coefficient (Wildman–Crippen LogP) is 5.47. The highest BCUT2D eigenvalue weighted by atomic mass is 19.1. The lowest BCUT2D eigenvalue weighted by Crippen LogP contribution is -2.61. The van der Waals surface area contributed by atoms with E-state index in [9.17, 15) is 18.8 Å². The summed E-state index contributed by atoms with van der Waals surface area (Å²) >= 11 is 0. The molecule has 2 bridgehead atoms. The summed E-state index contributed by atoms with van der Waals surface area (Å²) in [5.41, 5.74) is 0.0269. The summed E-state index contributed by atoms with van der Waals surface area (Å²) in [5, 5.41) is 6.48. The third kappa shape index (κ3) is 7.32. The van der Waals surface area contributed by atoms with Crippen molar-refractivity contribution >= 4 is 17.7 Å². The standard InChI is InChI=1S/C36H55FN4O3/c1-24(2)41-23-26-13-16-31(41)29(21-26)32(42)38-30(22-25-11-14-28(37)15-12-25)33(43)40-19-17-36(18-20-40,27-9-7-6-8-10-27)34(44)39-35(3,4)5/h11-12,14-15,24,26-27,29-31H,6-10,13,16-23H2,1-5H3,(H,38,42)(H,39,44)/t26-,29+,30-,31+/m1/s1. The third-order valence-corrected chi connectivity index (χ3v) is 11.1. The fourth-order valence-corrected chi connectivity index (χ4v) is 8.74. The van der Waals surface area contributed by atoms with Gasteiger partial charge in [-0.1, -0.05) is 31.4 Å². The highest BCUT2D eigenvalue weighted by molar-refractivity contribution is 5.90. The highest BCUT2D eigenvalue weighted by Crippen LogP contribution is 2.46. The number of nitrogens with one attached hydrogen (secondary N) is 2. The first-order chi connectivity index (χ1) is 20.9. The Morgan fingerprint density at radius 3 is 2.23 bits per heavy atom. The molecule has 2 saturated carbocycles. The van der Waals surface area contributed by atoms with Crippen LogP contribution in [0.4, 0.5) is 4.39 Å².